The van der Waals surface area contributed by atoms with Gasteiger partial charge in [-0.3, -0.25) is 14.3 Å². The van der Waals surface area contributed by atoms with E-state index in [9.17, 15) is 31.5 Å². The van der Waals surface area contributed by atoms with Gasteiger partial charge in [0.05, 0.1) is 23.8 Å². The van der Waals surface area contributed by atoms with Gasteiger partial charge in [-0.1, -0.05) is 0 Å². The number of alkyl halides is 5. The first kappa shape index (κ1) is 22.0. The Morgan fingerprint density at radius 2 is 2.00 bits per heavy atom. The predicted octanol–water partition coefficient (Wildman–Crippen LogP) is 2.70. The minimum atomic E-state index is -5.83. The van der Waals surface area contributed by atoms with Crippen LogP contribution in [0.15, 0.2) is 6.20 Å². The first-order valence-electron chi connectivity index (χ1n) is 12.9. The van der Waals surface area contributed by atoms with Crippen LogP contribution in [-0.4, -0.2) is 60.3 Å². The lowest BCUT2D eigenvalue weighted by molar-refractivity contribution is -0.284. The highest BCUT2D eigenvalue weighted by molar-refractivity contribution is 6.20. The summed E-state index contributed by atoms with van der Waals surface area (Å²) in [6, 6.07) is 0. The predicted molar refractivity (Wildman–Crippen MR) is 121 cm³/mol. The Balaban J connectivity index is 1.66. The molecular weight excluding hydrogens is 519 g/mol. The number of aryl methyl sites for hydroxylation is 2. The van der Waals surface area contributed by atoms with Gasteiger partial charge in [-0.25, -0.2) is 19.9 Å². The Hall–Kier alpha value is -3.98. The minimum absolute atomic E-state index is 0.0132. The monoisotopic (exact) mass is 543 g/mol. The van der Waals surface area contributed by atoms with Crippen molar-refractivity contribution in [2.45, 2.75) is 50.1 Å². The van der Waals surface area contributed by atoms with Crippen molar-refractivity contribution in [3.8, 4) is 11.5 Å². The molecule has 1 amide bonds. The molecule has 1 unspecified atom stereocenters. The molecule has 0 saturated heterocycles. The van der Waals surface area contributed by atoms with Crippen molar-refractivity contribution in [1.29, 1.82) is 0 Å². The lowest BCUT2D eigenvalue weighted by Crippen LogP contribution is -2.46. The summed E-state index contributed by atoms with van der Waals surface area (Å²) in [5.41, 5.74) is 3.73. The van der Waals surface area contributed by atoms with Crippen molar-refractivity contribution in [3.63, 3.8) is 0 Å². The molecule has 3 N–H and O–H groups in total. The number of nitrogens with zero attached hydrogens (tertiary/aromatic N) is 6. The number of aromatic nitrogens is 6. The van der Waals surface area contributed by atoms with E-state index < -0.39 is 66.6 Å². The Morgan fingerprint density at radius 1 is 1.26 bits per heavy atom. The van der Waals surface area contributed by atoms with Crippen LogP contribution in [0.5, 0.6) is 0 Å². The molecule has 0 spiro atoms. The topological polar surface area (TPSA) is 151 Å². The van der Waals surface area contributed by atoms with Crippen LogP contribution in [-0.2, 0) is 33.1 Å². The molecule has 1 fully saturated rings. The van der Waals surface area contributed by atoms with E-state index in [2.05, 4.69) is 30.4 Å². The van der Waals surface area contributed by atoms with Crippen molar-refractivity contribution >= 4 is 34.5 Å². The quantitative estimate of drug-likeness (QED) is 0.260. The van der Waals surface area contributed by atoms with Crippen molar-refractivity contribution in [2.24, 2.45) is 12.9 Å². The number of nitrogen functional groups attached to an aromatic ring is 1. The zero-order valence-electron chi connectivity index (χ0n) is 22.6. The number of hydrogen-bond acceptors (Lipinski definition) is 9. The van der Waals surface area contributed by atoms with Crippen LogP contribution < -0.4 is 11.1 Å². The standard InChI is InChI=1S/C22H21F5N8O3/c1-3-38-19(37)21(9-4-5-9)12-14(28)32-16(33-15(12)34-18(21)36)13-10-8-29-35(2)17(10)31-11(30-13)6-7-20(23,24)22(25,26)27/h8-9H,3-7H2,1-2H3,(H3,28,32,33,34,36)/i2D3. The summed E-state index contributed by atoms with van der Waals surface area (Å²) in [7, 11) is 0. The van der Waals surface area contributed by atoms with Crippen LogP contribution in [0.1, 0.15) is 41.7 Å². The third-order valence-electron chi connectivity index (χ3n) is 6.47. The molecule has 38 heavy (non-hydrogen) atoms. The van der Waals surface area contributed by atoms with Gasteiger partial charge < -0.3 is 15.8 Å². The second kappa shape index (κ2) is 8.52. The van der Waals surface area contributed by atoms with Gasteiger partial charge in [-0.15, -0.1) is 0 Å². The van der Waals surface area contributed by atoms with E-state index in [4.69, 9.17) is 14.6 Å². The summed E-state index contributed by atoms with van der Waals surface area (Å²) >= 11 is 0. The fourth-order valence-corrected chi connectivity index (χ4v) is 4.54. The molecule has 11 nitrogen and oxygen atoms in total. The van der Waals surface area contributed by atoms with E-state index in [-0.39, 0.29) is 40.7 Å². The van der Waals surface area contributed by atoms with Gasteiger partial charge in [0.1, 0.15) is 23.2 Å². The summed E-state index contributed by atoms with van der Waals surface area (Å²) in [5.74, 6) is -8.46. The number of nitrogens with two attached hydrogens (primary N) is 1. The summed E-state index contributed by atoms with van der Waals surface area (Å²) in [6.45, 7) is -1.36. The second-order valence-corrected chi connectivity index (χ2v) is 8.90. The van der Waals surface area contributed by atoms with E-state index in [1.165, 1.54) is 0 Å². The van der Waals surface area contributed by atoms with Gasteiger partial charge >= 0.3 is 18.1 Å². The highest BCUT2D eigenvalue weighted by Gasteiger charge is 2.64. The van der Waals surface area contributed by atoms with Gasteiger partial charge in [-0.05, 0) is 25.7 Å². The lowest BCUT2D eigenvalue weighted by Gasteiger charge is -2.25. The summed E-state index contributed by atoms with van der Waals surface area (Å²) in [4.78, 5) is 42.6. The maximum atomic E-state index is 13.7. The Morgan fingerprint density at radius 3 is 2.63 bits per heavy atom. The first-order valence-corrected chi connectivity index (χ1v) is 11.4. The molecule has 16 heteroatoms. The number of anilines is 2. The number of carbonyl (C=O) groups is 2. The Labute approximate surface area is 215 Å². The van der Waals surface area contributed by atoms with Gasteiger partial charge in [0.15, 0.2) is 16.9 Å². The second-order valence-electron chi connectivity index (χ2n) is 8.90. The molecule has 1 aliphatic carbocycles. The molecule has 0 radical (unpaired) electrons. The smallest absolute Gasteiger partial charge is 0.453 e. The maximum Gasteiger partial charge on any atom is 0.453 e. The van der Waals surface area contributed by atoms with Crippen LogP contribution >= 0.6 is 0 Å². The first-order chi connectivity index (χ1) is 19.0. The van der Waals surface area contributed by atoms with Crippen LogP contribution in [0.4, 0.5) is 33.6 Å². The third kappa shape index (κ3) is 3.80. The summed E-state index contributed by atoms with van der Waals surface area (Å²) < 4.78 is 94.3. The molecule has 1 atom stereocenters. The number of carbonyl (C=O) groups excluding carboxylic acids is 2. The summed E-state index contributed by atoms with van der Waals surface area (Å²) in [5, 5.41) is 6.17. The van der Waals surface area contributed by atoms with Crippen molar-refractivity contribution in [3.05, 3.63) is 17.6 Å². The average molecular weight is 543 g/mol. The van der Waals surface area contributed by atoms with Crippen LogP contribution in [0.25, 0.3) is 22.6 Å². The average Bonchev–Trinajstić information content (AvgIpc) is 3.52. The van der Waals surface area contributed by atoms with Crippen LogP contribution in [0.2, 0.25) is 0 Å². The zero-order valence-corrected chi connectivity index (χ0v) is 19.6. The van der Waals surface area contributed by atoms with Gasteiger partial charge in [0.25, 0.3) is 0 Å². The molecule has 1 saturated carbocycles. The van der Waals surface area contributed by atoms with Gasteiger partial charge in [0, 0.05) is 23.9 Å². The molecule has 0 aromatic carbocycles. The number of halogens is 5. The number of rotatable bonds is 7. The molecule has 4 heterocycles. The highest BCUT2D eigenvalue weighted by atomic mass is 19.4. The van der Waals surface area contributed by atoms with Crippen molar-refractivity contribution in [2.75, 3.05) is 17.7 Å². The molecule has 1 aliphatic heterocycles. The number of hydrogen-bond donors (Lipinski definition) is 2. The van der Waals surface area contributed by atoms with E-state index in [1.54, 1.807) is 6.92 Å². The molecular formula is C22H21F5N8O3. The fourth-order valence-electron chi connectivity index (χ4n) is 4.54. The molecule has 202 valence electrons. The van der Waals surface area contributed by atoms with Gasteiger partial charge in [0.2, 0.25) is 5.91 Å². The largest absolute Gasteiger partial charge is 0.465 e. The van der Waals surface area contributed by atoms with Crippen LogP contribution in [0, 0.1) is 5.92 Å². The highest BCUT2D eigenvalue weighted by Crippen LogP contribution is 2.55. The molecule has 3 aromatic heterocycles. The molecule has 0 bridgehead atoms. The number of amides is 1. The van der Waals surface area contributed by atoms with Crippen molar-refractivity contribution < 1.29 is 40.4 Å². The normalized spacial score (nSPS) is 21.0. The molecule has 2 aliphatic rings. The Kier molecular flexibility index (Phi) is 4.95. The summed E-state index contributed by atoms with van der Waals surface area (Å²) in [6.07, 6.45) is -6.48. The van der Waals surface area contributed by atoms with E-state index >= 15 is 0 Å². The molecule has 3 aromatic rings. The molecule has 5 rings (SSSR count). The number of nitrogens with one attached hydrogen (secondary N) is 1. The SMILES string of the molecule is [2H]C([2H])([2H])n1ncc2c(-c3nc(N)c4c(n3)NC(=O)C4(C(=O)OCC)C3CC3)nc(CCC(F)(F)C(F)(F)F)nc21. The maximum absolute atomic E-state index is 13.7. The number of esters is 1. The lowest BCUT2D eigenvalue weighted by atomic mass is 9.77. The van der Waals surface area contributed by atoms with E-state index in [0.717, 1.165) is 6.20 Å². The Bertz CT molecular complexity index is 1570. The third-order valence-corrected chi connectivity index (χ3v) is 6.47. The number of ether oxygens (including phenoxy) is 1. The fraction of sp³-hybridized carbons (Fsp3) is 0.500. The minimum Gasteiger partial charge on any atom is -0.465 e. The van der Waals surface area contributed by atoms with Crippen molar-refractivity contribution in [1.82, 2.24) is 29.7 Å². The zero-order chi connectivity index (χ0) is 30.1. The number of fused-ring (bicyclic) bond motifs is 2. The van der Waals surface area contributed by atoms with E-state index in [0.29, 0.717) is 17.5 Å². The van der Waals surface area contributed by atoms with Gasteiger partial charge in [-0.2, -0.15) is 27.1 Å². The van der Waals surface area contributed by atoms with Crippen LogP contribution in [0.3, 0.4) is 0 Å². The van der Waals surface area contributed by atoms with E-state index in [1.807, 2.05) is 0 Å².